The van der Waals surface area contributed by atoms with E-state index < -0.39 is 6.61 Å². The molecule has 106 valence electrons. The van der Waals surface area contributed by atoms with Crippen LogP contribution in [-0.4, -0.2) is 25.6 Å². The van der Waals surface area contributed by atoms with Crippen LogP contribution in [0.25, 0.3) is 0 Å². The SMILES string of the molecule is NCCCCCNC(=O)c1cccc(OC(F)F)c1. The number of ether oxygens (including phenoxy) is 1. The van der Waals surface area contributed by atoms with Crippen molar-refractivity contribution in [1.82, 2.24) is 5.32 Å². The summed E-state index contributed by atoms with van der Waals surface area (Å²) < 4.78 is 28.3. The Balaban J connectivity index is 2.43. The molecule has 0 aromatic heterocycles. The molecule has 0 heterocycles. The van der Waals surface area contributed by atoms with Crippen LogP contribution < -0.4 is 15.8 Å². The van der Waals surface area contributed by atoms with E-state index in [9.17, 15) is 13.6 Å². The molecule has 1 amide bonds. The van der Waals surface area contributed by atoms with Gasteiger partial charge in [0.15, 0.2) is 0 Å². The minimum absolute atomic E-state index is 0.0224. The number of alkyl halides is 2. The van der Waals surface area contributed by atoms with E-state index in [1.807, 2.05) is 0 Å². The molecule has 4 nitrogen and oxygen atoms in total. The summed E-state index contributed by atoms with van der Waals surface area (Å²) in [5, 5.41) is 2.72. The fourth-order valence-corrected chi connectivity index (χ4v) is 1.56. The summed E-state index contributed by atoms with van der Waals surface area (Å²) in [6.45, 7) is -1.71. The molecular weight excluding hydrogens is 254 g/mol. The van der Waals surface area contributed by atoms with Gasteiger partial charge in [-0.25, -0.2) is 0 Å². The first-order valence-electron chi connectivity index (χ1n) is 6.16. The second-order valence-corrected chi connectivity index (χ2v) is 4.01. The van der Waals surface area contributed by atoms with Gasteiger partial charge in [-0.05, 0) is 37.6 Å². The smallest absolute Gasteiger partial charge is 0.387 e. The van der Waals surface area contributed by atoms with E-state index in [1.54, 1.807) is 6.07 Å². The Morgan fingerprint density at radius 1 is 1.32 bits per heavy atom. The van der Waals surface area contributed by atoms with Gasteiger partial charge >= 0.3 is 6.61 Å². The van der Waals surface area contributed by atoms with Gasteiger partial charge in [-0.3, -0.25) is 4.79 Å². The van der Waals surface area contributed by atoms with Crippen LogP contribution >= 0.6 is 0 Å². The molecule has 0 saturated heterocycles. The lowest BCUT2D eigenvalue weighted by Crippen LogP contribution is -2.24. The highest BCUT2D eigenvalue weighted by Crippen LogP contribution is 2.15. The number of benzene rings is 1. The number of carbonyl (C=O) groups is 1. The van der Waals surface area contributed by atoms with Gasteiger partial charge in [0, 0.05) is 12.1 Å². The summed E-state index contributed by atoms with van der Waals surface area (Å²) >= 11 is 0. The summed E-state index contributed by atoms with van der Waals surface area (Å²) in [5.74, 6) is -0.321. The number of hydrogen-bond donors (Lipinski definition) is 2. The van der Waals surface area contributed by atoms with E-state index in [2.05, 4.69) is 10.1 Å². The lowest BCUT2D eigenvalue weighted by molar-refractivity contribution is -0.0498. The van der Waals surface area contributed by atoms with Gasteiger partial charge in [0.05, 0.1) is 0 Å². The zero-order chi connectivity index (χ0) is 14.1. The number of nitrogens with two attached hydrogens (primary N) is 1. The molecule has 0 fully saturated rings. The van der Waals surface area contributed by atoms with Crippen molar-refractivity contribution in [1.29, 1.82) is 0 Å². The summed E-state index contributed by atoms with van der Waals surface area (Å²) in [4.78, 5) is 11.7. The maximum atomic E-state index is 12.0. The Hall–Kier alpha value is -1.69. The molecule has 0 atom stereocenters. The molecular formula is C13H18F2N2O2. The highest BCUT2D eigenvalue weighted by molar-refractivity contribution is 5.94. The Labute approximate surface area is 110 Å². The van der Waals surface area contributed by atoms with Gasteiger partial charge in [0.2, 0.25) is 0 Å². The van der Waals surface area contributed by atoms with Gasteiger partial charge in [0.1, 0.15) is 5.75 Å². The van der Waals surface area contributed by atoms with E-state index in [0.717, 1.165) is 19.3 Å². The molecule has 0 aliphatic carbocycles. The van der Waals surface area contributed by atoms with Gasteiger partial charge < -0.3 is 15.8 Å². The predicted octanol–water partition coefficient (Wildman–Crippen LogP) is 2.15. The second kappa shape index (κ2) is 8.42. The molecule has 0 spiro atoms. The van der Waals surface area contributed by atoms with E-state index in [0.29, 0.717) is 18.7 Å². The average Bonchev–Trinajstić information content (AvgIpc) is 2.38. The number of carbonyl (C=O) groups excluding carboxylic acids is 1. The van der Waals surface area contributed by atoms with Crippen LogP contribution in [0.4, 0.5) is 8.78 Å². The van der Waals surface area contributed by atoms with E-state index in [4.69, 9.17) is 5.73 Å². The third kappa shape index (κ3) is 6.15. The van der Waals surface area contributed by atoms with Crippen LogP contribution in [-0.2, 0) is 0 Å². The molecule has 0 saturated carbocycles. The predicted molar refractivity (Wildman–Crippen MR) is 68.3 cm³/mol. The van der Waals surface area contributed by atoms with Crippen molar-refractivity contribution >= 4 is 5.91 Å². The number of rotatable bonds is 8. The molecule has 3 N–H and O–H groups in total. The zero-order valence-electron chi connectivity index (χ0n) is 10.6. The first-order valence-corrected chi connectivity index (χ1v) is 6.16. The minimum Gasteiger partial charge on any atom is -0.435 e. The number of nitrogens with one attached hydrogen (secondary N) is 1. The maximum Gasteiger partial charge on any atom is 0.387 e. The monoisotopic (exact) mass is 272 g/mol. The van der Waals surface area contributed by atoms with Crippen LogP contribution in [0.5, 0.6) is 5.75 Å². The second-order valence-electron chi connectivity index (χ2n) is 4.01. The van der Waals surface area contributed by atoms with E-state index in [-0.39, 0.29) is 11.7 Å². The number of halogens is 2. The molecule has 19 heavy (non-hydrogen) atoms. The molecule has 0 aliphatic rings. The van der Waals surface area contributed by atoms with Crippen molar-refractivity contribution in [2.75, 3.05) is 13.1 Å². The topological polar surface area (TPSA) is 64.3 Å². The zero-order valence-corrected chi connectivity index (χ0v) is 10.6. The lowest BCUT2D eigenvalue weighted by Gasteiger charge is -2.07. The van der Waals surface area contributed by atoms with Crippen molar-refractivity contribution in [2.24, 2.45) is 5.73 Å². The third-order valence-electron chi connectivity index (χ3n) is 2.49. The number of hydrogen-bond acceptors (Lipinski definition) is 3. The highest BCUT2D eigenvalue weighted by atomic mass is 19.3. The molecule has 0 unspecified atom stereocenters. The van der Waals surface area contributed by atoms with Crippen molar-refractivity contribution < 1.29 is 18.3 Å². The van der Waals surface area contributed by atoms with Gasteiger partial charge in [0.25, 0.3) is 5.91 Å². The van der Waals surface area contributed by atoms with Crippen molar-refractivity contribution in [3.8, 4) is 5.75 Å². The fourth-order valence-electron chi connectivity index (χ4n) is 1.56. The Bertz CT molecular complexity index is 400. The minimum atomic E-state index is -2.89. The van der Waals surface area contributed by atoms with Crippen molar-refractivity contribution in [3.63, 3.8) is 0 Å². The van der Waals surface area contributed by atoms with Crippen LogP contribution in [0.2, 0.25) is 0 Å². The van der Waals surface area contributed by atoms with Crippen LogP contribution in [0.1, 0.15) is 29.6 Å². The standard InChI is InChI=1S/C13H18F2N2O2/c14-13(15)19-11-6-4-5-10(9-11)12(18)17-8-3-1-2-7-16/h4-6,9,13H,1-3,7-8,16H2,(H,17,18). The van der Waals surface area contributed by atoms with E-state index >= 15 is 0 Å². The Morgan fingerprint density at radius 2 is 2.11 bits per heavy atom. The maximum absolute atomic E-state index is 12.0. The summed E-state index contributed by atoms with van der Waals surface area (Å²) in [7, 11) is 0. The van der Waals surface area contributed by atoms with Gasteiger partial charge in [-0.2, -0.15) is 8.78 Å². The Morgan fingerprint density at radius 3 is 2.79 bits per heavy atom. The largest absolute Gasteiger partial charge is 0.435 e. The summed E-state index contributed by atoms with van der Waals surface area (Å²) in [6.07, 6.45) is 2.72. The molecule has 1 aromatic carbocycles. The summed E-state index contributed by atoms with van der Waals surface area (Å²) in [6, 6.07) is 5.72. The quantitative estimate of drug-likeness (QED) is 0.713. The molecule has 1 aromatic rings. The lowest BCUT2D eigenvalue weighted by atomic mass is 10.2. The van der Waals surface area contributed by atoms with Crippen molar-refractivity contribution in [3.05, 3.63) is 29.8 Å². The molecule has 1 rings (SSSR count). The Kier molecular flexibility index (Phi) is 6.81. The van der Waals surface area contributed by atoms with Crippen LogP contribution in [0, 0.1) is 0 Å². The highest BCUT2D eigenvalue weighted by Gasteiger charge is 2.08. The fraction of sp³-hybridized carbons (Fsp3) is 0.462. The molecule has 6 heteroatoms. The molecule has 0 aliphatic heterocycles. The van der Waals surface area contributed by atoms with Gasteiger partial charge in [-0.15, -0.1) is 0 Å². The first-order chi connectivity index (χ1) is 9.13. The molecule has 0 bridgehead atoms. The van der Waals surface area contributed by atoms with Crippen molar-refractivity contribution in [2.45, 2.75) is 25.9 Å². The normalized spacial score (nSPS) is 10.5. The molecule has 0 radical (unpaired) electrons. The average molecular weight is 272 g/mol. The third-order valence-corrected chi connectivity index (χ3v) is 2.49. The first kappa shape index (κ1) is 15.4. The summed E-state index contributed by atoms with van der Waals surface area (Å²) in [5.41, 5.74) is 5.66. The number of amides is 1. The van der Waals surface area contributed by atoms with Crippen LogP contribution in [0.3, 0.4) is 0 Å². The van der Waals surface area contributed by atoms with Gasteiger partial charge in [-0.1, -0.05) is 12.5 Å². The van der Waals surface area contributed by atoms with E-state index in [1.165, 1.54) is 18.2 Å². The number of unbranched alkanes of at least 4 members (excludes halogenated alkanes) is 2. The van der Waals surface area contributed by atoms with Crippen LogP contribution in [0.15, 0.2) is 24.3 Å².